The van der Waals surface area contributed by atoms with Gasteiger partial charge in [-0.3, -0.25) is 9.59 Å². The lowest BCUT2D eigenvalue weighted by Crippen LogP contribution is -2.60. The molecule has 2 aliphatic rings. The third kappa shape index (κ3) is 21.8. The van der Waals surface area contributed by atoms with Crippen LogP contribution >= 0.6 is 0 Å². The number of ether oxygens (including phenoxy) is 2. The van der Waals surface area contributed by atoms with Gasteiger partial charge in [-0.25, -0.2) is 0 Å². The van der Waals surface area contributed by atoms with Crippen molar-refractivity contribution >= 4 is 11.8 Å². The van der Waals surface area contributed by atoms with Gasteiger partial charge in [-0.15, -0.1) is 0 Å². The van der Waals surface area contributed by atoms with Crippen LogP contribution in [-0.4, -0.2) is 111 Å². The van der Waals surface area contributed by atoms with Crippen molar-refractivity contribution in [3.63, 3.8) is 0 Å². The van der Waals surface area contributed by atoms with Crippen LogP contribution in [0.15, 0.2) is 0 Å². The number of nitrogens with one attached hydrogen (secondary N) is 2. The molecule has 2 amide bonds. The molecule has 0 aromatic heterocycles. The van der Waals surface area contributed by atoms with Crippen LogP contribution in [0.4, 0.5) is 0 Å². The Balaban J connectivity index is 1.67. The van der Waals surface area contributed by atoms with Gasteiger partial charge in [0.15, 0.2) is 6.29 Å². The monoisotopic (exact) mass is 787 g/mol. The van der Waals surface area contributed by atoms with Gasteiger partial charge in [0.25, 0.3) is 0 Å². The lowest BCUT2D eigenvalue weighted by Gasteiger charge is -2.40. The molecule has 1 aliphatic heterocycles. The zero-order valence-electron chi connectivity index (χ0n) is 34.4. The molecule has 0 aromatic carbocycles. The van der Waals surface area contributed by atoms with E-state index >= 15 is 0 Å². The summed E-state index contributed by atoms with van der Waals surface area (Å²) >= 11 is 0. The minimum Gasteiger partial charge on any atom is -0.394 e. The van der Waals surface area contributed by atoms with Gasteiger partial charge >= 0.3 is 0 Å². The van der Waals surface area contributed by atoms with Crippen molar-refractivity contribution in [2.75, 3.05) is 19.8 Å². The fourth-order valence-electron chi connectivity index (χ4n) is 7.91. The van der Waals surface area contributed by atoms with E-state index in [1.165, 1.54) is 70.6 Å². The molecule has 12 heteroatoms. The van der Waals surface area contributed by atoms with E-state index in [-0.39, 0.29) is 30.8 Å². The third-order valence-electron chi connectivity index (χ3n) is 11.7. The van der Waals surface area contributed by atoms with Crippen molar-refractivity contribution in [1.82, 2.24) is 10.6 Å². The maximum absolute atomic E-state index is 13.0. The molecule has 0 spiro atoms. The SMILES string of the molecule is CCCCCCCCCCCCCCC(O)C(O)C(CO[C@H]1O[C@H](CO)[C@H](O)[C@H](O)[C@H]1O)NC(=O)CCCCCCCCCCCNC(=O)C1CCCCC1. The van der Waals surface area contributed by atoms with Crippen LogP contribution in [0.2, 0.25) is 0 Å². The highest BCUT2D eigenvalue weighted by molar-refractivity contribution is 5.78. The quantitative estimate of drug-likeness (QED) is 0.0382. The molecule has 2 rings (SSSR count). The standard InChI is InChI=1S/C43H82N2O10/c1-2-3-4-5-6-7-8-9-11-14-17-23-28-35(47)38(49)34(32-54-43-41(52)40(51)39(50)36(31-46)55-43)45-37(48)29-24-18-15-12-10-13-16-19-25-30-44-42(53)33-26-21-20-22-27-33/h33-36,38-41,43,46-47,49-52H,2-32H2,1H3,(H,44,53)(H,45,48)/t34?,35?,36-,38?,39+,40+,41-,43+/m1/s1. The van der Waals surface area contributed by atoms with E-state index in [1.807, 2.05) is 0 Å². The second kappa shape index (κ2) is 31.6. The highest BCUT2D eigenvalue weighted by atomic mass is 16.7. The van der Waals surface area contributed by atoms with Crippen LogP contribution in [0.25, 0.3) is 0 Å². The van der Waals surface area contributed by atoms with Crippen LogP contribution in [0.5, 0.6) is 0 Å². The van der Waals surface area contributed by atoms with Crippen LogP contribution in [0.3, 0.4) is 0 Å². The van der Waals surface area contributed by atoms with Gasteiger partial charge in [-0.1, -0.05) is 148 Å². The van der Waals surface area contributed by atoms with E-state index in [2.05, 4.69) is 17.6 Å². The summed E-state index contributed by atoms with van der Waals surface area (Å²) in [5.74, 6) is 0.178. The number of amides is 2. The zero-order valence-corrected chi connectivity index (χ0v) is 34.4. The van der Waals surface area contributed by atoms with E-state index in [0.717, 1.165) is 96.4 Å². The fraction of sp³-hybridized carbons (Fsp3) is 0.953. The number of hydrogen-bond donors (Lipinski definition) is 8. The topological polar surface area (TPSA) is 198 Å². The molecule has 1 saturated heterocycles. The summed E-state index contributed by atoms with van der Waals surface area (Å²) in [7, 11) is 0. The first kappa shape index (κ1) is 49.8. The molecule has 2 fully saturated rings. The fourth-order valence-corrected chi connectivity index (χ4v) is 7.91. The lowest BCUT2D eigenvalue weighted by atomic mass is 9.88. The molecule has 55 heavy (non-hydrogen) atoms. The minimum absolute atomic E-state index is 0.221. The average molecular weight is 787 g/mol. The van der Waals surface area contributed by atoms with E-state index in [1.54, 1.807) is 0 Å². The Labute approximate surface area is 332 Å². The van der Waals surface area contributed by atoms with Crippen molar-refractivity contribution < 1.29 is 49.7 Å². The van der Waals surface area contributed by atoms with Crippen molar-refractivity contribution in [1.29, 1.82) is 0 Å². The number of aliphatic hydroxyl groups excluding tert-OH is 6. The van der Waals surface area contributed by atoms with Crippen molar-refractivity contribution in [2.45, 2.75) is 236 Å². The largest absolute Gasteiger partial charge is 0.394 e. The summed E-state index contributed by atoms with van der Waals surface area (Å²) in [6, 6.07) is -1.01. The first-order chi connectivity index (χ1) is 26.7. The predicted molar refractivity (Wildman–Crippen MR) is 215 cm³/mol. The second-order valence-corrected chi connectivity index (χ2v) is 16.5. The summed E-state index contributed by atoms with van der Waals surface area (Å²) in [6.45, 7) is 2.08. The summed E-state index contributed by atoms with van der Waals surface area (Å²) in [4.78, 5) is 25.2. The first-order valence-corrected chi connectivity index (χ1v) is 22.5. The Kier molecular flexibility index (Phi) is 28.6. The summed E-state index contributed by atoms with van der Waals surface area (Å²) in [6.07, 6.45) is 20.1. The molecule has 0 aromatic rings. The molecular weight excluding hydrogens is 704 g/mol. The molecule has 12 nitrogen and oxygen atoms in total. The van der Waals surface area contributed by atoms with Crippen molar-refractivity contribution in [3.8, 4) is 0 Å². The van der Waals surface area contributed by atoms with E-state index in [4.69, 9.17) is 9.47 Å². The second-order valence-electron chi connectivity index (χ2n) is 16.5. The molecule has 8 N–H and O–H groups in total. The number of carbonyl (C=O) groups is 2. The molecule has 324 valence electrons. The van der Waals surface area contributed by atoms with Crippen LogP contribution in [0.1, 0.15) is 187 Å². The molecule has 1 aliphatic carbocycles. The Morgan fingerprint density at radius 3 is 1.78 bits per heavy atom. The van der Waals surface area contributed by atoms with Crippen LogP contribution < -0.4 is 10.6 Å². The highest BCUT2D eigenvalue weighted by Crippen LogP contribution is 2.24. The van der Waals surface area contributed by atoms with E-state index in [0.29, 0.717) is 12.8 Å². The Hall–Kier alpha value is -1.38. The van der Waals surface area contributed by atoms with Gasteiger partial charge in [0.2, 0.25) is 11.8 Å². The molecule has 0 bridgehead atoms. The van der Waals surface area contributed by atoms with Crippen LogP contribution in [-0.2, 0) is 19.1 Å². The minimum atomic E-state index is -1.62. The maximum Gasteiger partial charge on any atom is 0.223 e. The summed E-state index contributed by atoms with van der Waals surface area (Å²) in [5, 5.41) is 68.2. The van der Waals surface area contributed by atoms with Gasteiger partial charge in [-0.2, -0.15) is 0 Å². The number of carbonyl (C=O) groups excluding carboxylic acids is 2. The number of unbranched alkanes of at least 4 members (excludes halogenated alkanes) is 19. The molecule has 0 radical (unpaired) electrons. The van der Waals surface area contributed by atoms with Gasteiger partial charge in [0.1, 0.15) is 30.5 Å². The van der Waals surface area contributed by atoms with Gasteiger partial charge in [0, 0.05) is 18.9 Å². The lowest BCUT2D eigenvalue weighted by molar-refractivity contribution is -0.303. The Morgan fingerprint density at radius 2 is 1.22 bits per heavy atom. The Morgan fingerprint density at radius 1 is 0.691 bits per heavy atom. The van der Waals surface area contributed by atoms with E-state index < -0.39 is 55.6 Å². The molecule has 1 heterocycles. The molecule has 3 unspecified atom stereocenters. The van der Waals surface area contributed by atoms with Crippen LogP contribution in [0, 0.1) is 5.92 Å². The zero-order chi connectivity index (χ0) is 40.1. The molecule has 8 atom stereocenters. The number of hydrogen-bond acceptors (Lipinski definition) is 10. The average Bonchev–Trinajstić information content (AvgIpc) is 3.19. The Bertz CT molecular complexity index is 952. The van der Waals surface area contributed by atoms with Gasteiger partial charge in [0.05, 0.1) is 25.4 Å². The van der Waals surface area contributed by atoms with Gasteiger partial charge in [-0.05, 0) is 32.1 Å². The number of aliphatic hydroxyl groups is 6. The molecule has 1 saturated carbocycles. The molecular formula is C43H82N2O10. The third-order valence-corrected chi connectivity index (χ3v) is 11.7. The van der Waals surface area contributed by atoms with Gasteiger partial charge < -0.3 is 50.7 Å². The van der Waals surface area contributed by atoms with E-state index in [9.17, 15) is 40.2 Å². The maximum atomic E-state index is 13.0. The number of rotatable bonds is 33. The highest BCUT2D eigenvalue weighted by Gasteiger charge is 2.44. The smallest absolute Gasteiger partial charge is 0.223 e. The van der Waals surface area contributed by atoms with Crippen molar-refractivity contribution in [2.24, 2.45) is 5.92 Å². The summed E-state index contributed by atoms with van der Waals surface area (Å²) in [5.41, 5.74) is 0. The first-order valence-electron chi connectivity index (χ1n) is 22.5. The van der Waals surface area contributed by atoms with Crippen molar-refractivity contribution in [3.05, 3.63) is 0 Å². The summed E-state index contributed by atoms with van der Waals surface area (Å²) < 4.78 is 11.1. The normalized spacial score (nSPS) is 23.7. The predicted octanol–water partition coefficient (Wildman–Crippen LogP) is 5.70.